The minimum atomic E-state index is 0.208. The van der Waals surface area contributed by atoms with Crippen molar-refractivity contribution in [3.63, 3.8) is 0 Å². The van der Waals surface area contributed by atoms with E-state index >= 15 is 0 Å². The van der Waals surface area contributed by atoms with E-state index < -0.39 is 0 Å². The first-order chi connectivity index (χ1) is 7.20. The normalized spacial score (nSPS) is 19.3. The summed E-state index contributed by atoms with van der Waals surface area (Å²) in [5, 5.41) is 0. The van der Waals surface area contributed by atoms with E-state index in [9.17, 15) is 0 Å². The molecule has 2 heteroatoms. The first-order valence-corrected chi connectivity index (χ1v) is 5.64. The van der Waals surface area contributed by atoms with Crippen molar-refractivity contribution in [1.82, 2.24) is 0 Å². The van der Waals surface area contributed by atoms with E-state index in [2.05, 4.69) is 32.9 Å². The number of hydrogen-bond donors (Lipinski definition) is 0. The molecule has 1 aliphatic heterocycles. The van der Waals surface area contributed by atoms with Gasteiger partial charge in [-0.25, -0.2) is 0 Å². The maximum Gasteiger partial charge on any atom is 0.162 e. The Morgan fingerprint density at radius 2 is 2.13 bits per heavy atom. The van der Waals surface area contributed by atoms with Crippen LogP contribution in [0.15, 0.2) is 18.2 Å². The van der Waals surface area contributed by atoms with Gasteiger partial charge in [-0.3, -0.25) is 0 Å². The molecule has 0 aliphatic carbocycles. The van der Waals surface area contributed by atoms with Gasteiger partial charge in [0.2, 0.25) is 0 Å². The van der Waals surface area contributed by atoms with Crippen LogP contribution in [0.25, 0.3) is 0 Å². The molecule has 0 amide bonds. The zero-order valence-electron chi connectivity index (χ0n) is 9.62. The maximum absolute atomic E-state index is 5.85. The van der Waals surface area contributed by atoms with Crippen molar-refractivity contribution in [3.05, 3.63) is 23.8 Å². The molecular weight excluding hydrogens is 188 g/mol. The van der Waals surface area contributed by atoms with Crippen LogP contribution in [-0.2, 0) is 0 Å². The van der Waals surface area contributed by atoms with Gasteiger partial charge >= 0.3 is 0 Å². The lowest BCUT2D eigenvalue weighted by molar-refractivity contribution is 0.0883. The van der Waals surface area contributed by atoms with E-state index in [1.54, 1.807) is 0 Å². The van der Waals surface area contributed by atoms with Crippen molar-refractivity contribution < 1.29 is 9.47 Å². The smallest absolute Gasteiger partial charge is 0.162 e. The number of benzene rings is 1. The van der Waals surface area contributed by atoms with Crippen LogP contribution in [0.5, 0.6) is 11.5 Å². The van der Waals surface area contributed by atoms with Crippen LogP contribution in [0.4, 0.5) is 0 Å². The summed E-state index contributed by atoms with van der Waals surface area (Å²) in [4.78, 5) is 0. The van der Waals surface area contributed by atoms with Crippen LogP contribution in [0, 0.1) is 0 Å². The predicted molar refractivity (Wildman–Crippen MR) is 60.7 cm³/mol. The Kier molecular flexibility index (Phi) is 2.85. The molecule has 2 nitrogen and oxygen atoms in total. The third kappa shape index (κ3) is 2.09. The SMILES string of the molecule is CCC1COc2ccc(C(C)C)cc2O1. The lowest BCUT2D eigenvalue weighted by atomic mass is 10.0. The summed E-state index contributed by atoms with van der Waals surface area (Å²) in [7, 11) is 0. The van der Waals surface area contributed by atoms with Gasteiger partial charge in [0.1, 0.15) is 12.7 Å². The highest BCUT2D eigenvalue weighted by Crippen LogP contribution is 2.34. The molecule has 0 saturated heterocycles. The molecule has 0 N–H and O–H groups in total. The fourth-order valence-corrected chi connectivity index (χ4v) is 1.69. The first-order valence-electron chi connectivity index (χ1n) is 5.64. The molecule has 0 fully saturated rings. The van der Waals surface area contributed by atoms with Gasteiger partial charge in [0.15, 0.2) is 11.5 Å². The van der Waals surface area contributed by atoms with Gasteiger partial charge in [-0.05, 0) is 30.0 Å². The van der Waals surface area contributed by atoms with Gasteiger partial charge in [-0.2, -0.15) is 0 Å². The molecule has 1 aromatic rings. The molecular formula is C13H18O2. The minimum absolute atomic E-state index is 0.208. The number of hydrogen-bond acceptors (Lipinski definition) is 2. The molecule has 1 atom stereocenters. The molecule has 0 spiro atoms. The molecule has 0 radical (unpaired) electrons. The average Bonchev–Trinajstić information content (AvgIpc) is 2.27. The third-order valence-corrected chi connectivity index (χ3v) is 2.81. The van der Waals surface area contributed by atoms with Crippen LogP contribution < -0.4 is 9.47 Å². The highest BCUT2D eigenvalue weighted by atomic mass is 16.6. The molecule has 15 heavy (non-hydrogen) atoms. The Labute approximate surface area is 91.2 Å². The highest BCUT2D eigenvalue weighted by molar-refractivity contribution is 5.44. The fourth-order valence-electron chi connectivity index (χ4n) is 1.69. The topological polar surface area (TPSA) is 18.5 Å². The zero-order valence-corrected chi connectivity index (χ0v) is 9.62. The van der Waals surface area contributed by atoms with E-state index in [4.69, 9.17) is 9.47 Å². The molecule has 1 aromatic carbocycles. The molecule has 2 rings (SSSR count). The average molecular weight is 206 g/mol. The monoisotopic (exact) mass is 206 g/mol. The maximum atomic E-state index is 5.85. The molecule has 82 valence electrons. The summed E-state index contributed by atoms with van der Waals surface area (Å²) in [6.45, 7) is 7.15. The Bertz CT molecular complexity index is 344. The van der Waals surface area contributed by atoms with Crippen LogP contribution in [0.3, 0.4) is 0 Å². The van der Waals surface area contributed by atoms with Gasteiger partial charge in [0.25, 0.3) is 0 Å². The Hall–Kier alpha value is -1.18. The van der Waals surface area contributed by atoms with Crippen LogP contribution in [0.2, 0.25) is 0 Å². The molecule has 0 aromatic heterocycles. The van der Waals surface area contributed by atoms with E-state index in [-0.39, 0.29) is 6.10 Å². The van der Waals surface area contributed by atoms with Crippen LogP contribution in [-0.4, -0.2) is 12.7 Å². The van der Waals surface area contributed by atoms with E-state index in [0.717, 1.165) is 17.9 Å². The van der Waals surface area contributed by atoms with Crippen molar-refractivity contribution in [2.75, 3.05) is 6.61 Å². The van der Waals surface area contributed by atoms with Crippen molar-refractivity contribution in [3.8, 4) is 11.5 Å². The van der Waals surface area contributed by atoms with Crippen LogP contribution in [0.1, 0.15) is 38.7 Å². The molecule has 1 aliphatic rings. The summed E-state index contributed by atoms with van der Waals surface area (Å²) in [6.07, 6.45) is 1.20. The Morgan fingerprint density at radius 3 is 2.80 bits per heavy atom. The van der Waals surface area contributed by atoms with Crippen molar-refractivity contribution in [2.24, 2.45) is 0 Å². The van der Waals surface area contributed by atoms with Crippen molar-refractivity contribution in [2.45, 2.75) is 39.2 Å². The second-order valence-electron chi connectivity index (χ2n) is 4.32. The van der Waals surface area contributed by atoms with Gasteiger partial charge in [0, 0.05) is 0 Å². The highest BCUT2D eigenvalue weighted by Gasteiger charge is 2.19. The number of fused-ring (bicyclic) bond motifs is 1. The van der Waals surface area contributed by atoms with Crippen LogP contribution >= 0.6 is 0 Å². The second kappa shape index (κ2) is 4.13. The minimum Gasteiger partial charge on any atom is -0.486 e. The lowest BCUT2D eigenvalue weighted by Gasteiger charge is -2.26. The lowest BCUT2D eigenvalue weighted by Crippen LogP contribution is -2.28. The van der Waals surface area contributed by atoms with E-state index in [1.165, 1.54) is 5.56 Å². The molecule has 1 heterocycles. The largest absolute Gasteiger partial charge is 0.486 e. The second-order valence-corrected chi connectivity index (χ2v) is 4.32. The molecule has 0 saturated carbocycles. The van der Waals surface area contributed by atoms with Gasteiger partial charge in [0.05, 0.1) is 0 Å². The van der Waals surface area contributed by atoms with E-state index in [1.807, 2.05) is 6.07 Å². The zero-order chi connectivity index (χ0) is 10.8. The summed E-state index contributed by atoms with van der Waals surface area (Å²) < 4.78 is 11.5. The Balaban J connectivity index is 2.26. The van der Waals surface area contributed by atoms with Gasteiger partial charge in [-0.1, -0.05) is 26.8 Å². The van der Waals surface area contributed by atoms with E-state index in [0.29, 0.717) is 12.5 Å². The standard InChI is InChI=1S/C13H18O2/c1-4-11-8-14-12-6-5-10(9(2)3)7-13(12)15-11/h5-7,9,11H,4,8H2,1-3H3. The van der Waals surface area contributed by atoms with Crippen molar-refractivity contribution >= 4 is 0 Å². The third-order valence-electron chi connectivity index (χ3n) is 2.81. The fraction of sp³-hybridized carbons (Fsp3) is 0.538. The molecule has 1 unspecified atom stereocenters. The summed E-state index contributed by atoms with van der Waals surface area (Å²) >= 11 is 0. The number of ether oxygens (including phenoxy) is 2. The van der Waals surface area contributed by atoms with Gasteiger partial charge in [-0.15, -0.1) is 0 Å². The summed E-state index contributed by atoms with van der Waals surface area (Å²) in [5.41, 5.74) is 1.30. The van der Waals surface area contributed by atoms with Crippen molar-refractivity contribution in [1.29, 1.82) is 0 Å². The first kappa shape index (κ1) is 10.3. The molecule has 0 bridgehead atoms. The summed E-state index contributed by atoms with van der Waals surface area (Å²) in [6, 6.07) is 6.22. The number of rotatable bonds is 2. The predicted octanol–water partition coefficient (Wildman–Crippen LogP) is 3.36. The van der Waals surface area contributed by atoms with Gasteiger partial charge < -0.3 is 9.47 Å². The summed E-state index contributed by atoms with van der Waals surface area (Å²) in [5.74, 6) is 2.31. The Morgan fingerprint density at radius 1 is 1.33 bits per heavy atom. The quantitative estimate of drug-likeness (QED) is 0.738.